The van der Waals surface area contributed by atoms with Crippen molar-refractivity contribution >= 4 is 51.6 Å². The number of hydrogen-bond donors (Lipinski definition) is 1. The predicted octanol–water partition coefficient (Wildman–Crippen LogP) is 4.20. The third-order valence-corrected chi connectivity index (χ3v) is 6.43. The number of nitrogens with zero attached hydrogens (tertiary/aromatic N) is 3. The number of nitrogens with one attached hydrogen (secondary N) is 1. The van der Waals surface area contributed by atoms with Gasteiger partial charge in [-0.3, -0.25) is 9.59 Å². The van der Waals surface area contributed by atoms with E-state index in [4.69, 9.17) is 0 Å². The molecule has 0 atom stereocenters. The summed E-state index contributed by atoms with van der Waals surface area (Å²) in [7, 11) is 0. The molecule has 0 spiro atoms. The third-order valence-electron chi connectivity index (χ3n) is 5.01. The molecule has 0 saturated carbocycles. The van der Waals surface area contributed by atoms with Crippen LogP contribution in [0.5, 0.6) is 0 Å². The first kappa shape index (κ1) is 18.0. The first-order valence-electron chi connectivity index (χ1n) is 9.16. The molecule has 1 aliphatic rings. The summed E-state index contributed by atoms with van der Waals surface area (Å²) >= 11 is 2.59. The summed E-state index contributed by atoms with van der Waals surface area (Å²) in [6, 6.07) is 14.9. The van der Waals surface area contributed by atoms with Crippen LogP contribution in [-0.4, -0.2) is 32.0 Å². The van der Waals surface area contributed by atoms with Crippen molar-refractivity contribution in [3.63, 3.8) is 0 Å². The second-order valence-electron chi connectivity index (χ2n) is 6.86. The van der Waals surface area contributed by atoms with Crippen LogP contribution in [0.4, 0.5) is 5.69 Å². The number of thiophene rings is 1. The average molecular weight is 421 g/mol. The van der Waals surface area contributed by atoms with Gasteiger partial charge in [0, 0.05) is 24.3 Å². The summed E-state index contributed by atoms with van der Waals surface area (Å²) < 4.78 is 8.34. The van der Waals surface area contributed by atoms with E-state index >= 15 is 0 Å². The number of benzene rings is 2. The standard InChI is InChI=1S/C21H16N4O2S2/c26-20(14-4-6-17-18(11-14)24-29-23-17)22-16-5-3-13-7-8-25(12-15(13)10-16)21(27)19-2-1-9-28-19/h1-6,9-11H,7-8,12H2,(H,22,26). The van der Waals surface area contributed by atoms with Crippen LogP contribution in [0.2, 0.25) is 0 Å². The van der Waals surface area contributed by atoms with Crippen molar-refractivity contribution < 1.29 is 9.59 Å². The number of rotatable bonds is 3. The van der Waals surface area contributed by atoms with Gasteiger partial charge in [-0.05, 0) is 59.3 Å². The Kier molecular flexibility index (Phi) is 4.57. The number of carbonyl (C=O) groups is 2. The van der Waals surface area contributed by atoms with E-state index in [2.05, 4.69) is 14.1 Å². The van der Waals surface area contributed by atoms with E-state index in [1.54, 1.807) is 18.2 Å². The van der Waals surface area contributed by atoms with Gasteiger partial charge in [0.05, 0.1) is 16.6 Å². The smallest absolute Gasteiger partial charge is 0.264 e. The van der Waals surface area contributed by atoms with Gasteiger partial charge in [0.15, 0.2) is 0 Å². The lowest BCUT2D eigenvalue weighted by molar-refractivity contribution is 0.0739. The highest BCUT2D eigenvalue weighted by molar-refractivity contribution is 7.12. The van der Waals surface area contributed by atoms with Crippen LogP contribution in [0, 0.1) is 0 Å². The van der Waals surface area contributed by atoms with Crippen LogP contribution >= 0.6 is 23.1 Å². The number of aromatic nitrogens is 2. The van der Waals surface area contributed by atoms with Crippen LogP contribution in [0.3, 0.4) is 0 Å². The molecule has 1 aliphatic heterocycles. The first-order valence-corrected chi connectivity index (χ1v) is 10.8. The summed E-state index contributed by atoms with van der Waals surface area (Å²) in [5.74, 6) is -0.132. The van der Waals surface area contributed by atoms with E-state index in [0.29, 0.717) is 18.7 Å². The minimum absolute atomic E-state index is 0.0604. The van der Waals surface area contributed by atoms with Gasteiger partial charge < -0.3 is 10.2 Å². The molecule has 6 nitrogen and oxygen atoms in total. The lowest BCUT2D eigenvalue weighted by Crippen LogP contribution is -2.35. The van der Waals surface area contributed by atoms with Crippen molar-refractivity contribution in [1.29, 1.82) is 0 Å². The molecule has 144 valence electrons. The zero-order valence-electron chi connectivity index (χ0n) is 15.3. The molecule has 0 fully saturated rings. The highest BCUT2D eigenvalue weighted by Crippen LogP contribution is 2.25. The predicted molar refractivity (Wildman–Crippen MR) is 115 cm³/mol. The van der Waals surface area contributed by atoms with Crippen LogP contribution in [0.1, 0.15) is 31.2 Å². The minimum atomic E-state index is -0.192. The molecular formula is C21H16N4O2S2. The van der Waals surface area contributed by atoms with E-state index in [1.165, 1.54) is 16.9 Å². The number of amides is 2. The lowest BCUT2D eigenvalue weighted by atomic mass is 9.98. The van der Waals surface area contributed by atoms with E-state index in [0.717, 1.165) is 45.3 Å². The molecule has 0 saturated heterocycles. The molecule has 8 heteroatoms. The Morgan fingerprint density at radius 2 is 1.90 bits per heavy atom. The van der Waals surface area contributed by atoms with Crippen molar-refractivity contribution in [2.45, 2.75) is 13.0 Å². The molecule has 29 heavy (non-hydrogen) atoms. The Morgan fingerprint density at radius 3 is 2.76 bits per heavy atom. The van der Waals surface area contributed by atoms with Gasteiger partial charge in [0.25, 0.3) is 11.8 Å². The Hall–Kier alpha value is -3.10. The third kappa shape index (κ3) is 3.52. The molecule has 2 aromatic heterocycles. The topological polar surface area (TPSA) is 75.2 Å². The molecular weight excluding hydrogens is 404 g/mol. The molecule has 1 N–H and O–H groups in total. The Morgan fingerprint density at radius 1 is 1.00 bits per heavy atom. The second-order valence-corrected chi connectivity index (χ2v) is 8.34. The van der Waals surface area contributed by atoms with Crippen molar-refractivity contribution in [2.75, 3.05) is 11.9 Å². The quantitative estimate of drug-likeness (QED) is 0.539. The van der Waals surface area contributed by atoms with E-state index in [1.807, 2.05) is 40.6 Å². The largest absolute Gasteiger partial charge is 0.333 e. The Bertz CT molecular complexity index is 1220. The van der Waals surface area contributed by atoms with Crippen molar-refractivity contribution in [1.82, 2.24) is 13.6 Å². The maximum absolute atomic E-state index is 12.7. The molecule has 0 unspecified atom stereocenters. The second kappa shape index (κ2) is 7.38. The molecule has 0 bridgehead atoms. The summed E-state index contributed by atoms with van der Waals surface area (Å²) in [5.41, 5.74) is 5.05. The van der Waals surface area contributed by atoms with Gasteiger partial charge >= 0.3 is 0 Å². The SMILES string of the molecule is O=C(Nc1ccc2c(c1)CN(C(=O)c1cccs1)CC2)c1ccc2nsnc2c1. The fourth-order valence-corrected chi connectivity index (χ4v) is 4.70. The fraction of sp³-hybridized carbons (Fsp3) is 0.143. The molecule has 2 aromatic carbocycles. The summed E-state index contributed by atoms with van der Waals surface area (Å²) in [4.78, 5) is 27.9. The zero-order chi connectivity index (χ0) is 19.8. The van der Waals surface area contributed by atoms with Crippen molar-refractivity contribution in [2.24, 2.45) is 0 Å². The van der Waals surface area contributed by atoms with Gasteiger partial charge in [0.1, 0.15) is 11.0 Å². The zero-order valence-corrected chi connectivity index (χ0v) is 16.9. The van der Waals surface area contributed by atoms with E-state index < -0.39 is 0 Å². The lowest BCUT2D eigenvalue weighted by Gasteiger charge is -2.29. The van der Waals surface area contributed by atoms with Gasteiger partial charge in [-0.2, -0.15) is 8.75 Å². The van der Waals surface area contributed by atoms with Gasteiger partial charge in [0.2, 0.25) is 0 Å². The van der Waals surface area contributed by atoms with E-state index in [9.17, 15) is 9.59 Å². The van der Waals surface area contributed by atoms with Crippen LogP contribution in [0.25, 0.3) is 11.0 Å². The number of hydrogen-bond acceptors (Lipinski definition) is 6. The number of fused-ring (bicyclic) bond motifs is 2. The van der Waals surface area contributed by atoms with Crippen molar-refractivity contribution in [3.8, 4) is 0 Å². The molecule has 2 amide bonds. The maximum atomic E-state index is 12.7. The molecule has 5 rings (SSSR count). The highest BCUT2D eigenvalue weighted by atomic mass is 32.1. The average Bonchev–Trinajstić information content (AvgIpc) is 3.44. The van der Waals surface area contributed by atoms with E-state index in [-0.39, 0.29) is 11.8 Å². The normalized spacial score (nSPS) is 13.3. The van der Waals surface area contributed by atoms with Crippen LogP contribution in [0.15, 0.2) is 53.9 Å². The van der Waals surface area contributed by atoms with Crippen molar-refractivity contribution in [3.05, 3.63) is 75.5 Å². The number of anilines is 1. The Labute approximate surface area is 175 Å². The van der Waals surface area contributed by atoms with Gasteiger partial charge in [-0.15, -0.1) is 11.3 Å². The van der Waals surface area contributed by atoms with Gasteiger partial charge in [-0.1, -0.05) is 12.1 Å². The summed E-state index contributed by atoms with van der Waals surface area (Å²) in [6.45, 7) is 1.25. The summed E-state index contributed by atoms with van der Waals surface area (Å²) in [6.07, 6.45) is 0.814. The van der Waals surface area contributed by atoms with Crippen LogP contribution in [-0.2, 0) is 13.0 Å². The Balaban J connectivity index is 1.34. The van der Waals surface area contributed by atoms with Gasteiger partial charge in [-0.25, -0.2) is 0 Å². The molecule has 4 aromatic rings. The monoisotopic (exact) mass is 420 g/mol. The maximum Gasteiger partial charge on any atom is 0.264 e. The highest BCUT2D eigenvalue weighted by Gasteiger charge is 2.22. The fourth-order valence-electron chi connectivity index (χ4n) is 3.49. The number of carbonyl (C=O) groups excluding carboxylic acids is 2. The minimum Gasteiger partial charge on any atom is -0.333 e. The van der Waals surface area contributed by atoms with Crippen LogP contribution < -0.4 is 5.32 Å². The first-order chi connectivity index (χ1) is 14.2. The molecule has 0 radical (unpaired) electrons. The summed E-state index contributed by atoms with van der Waals surface area (Å²) in [5, 5.41) is 4.87. The molecule has 0 aliphatic carbocycles. The molecule has 3 heterocycles.